The summed E-state index contributed by atoms with van der Waals surface area (Å²) in [6.07, 6.45) is 70.8. The number of nitrogens with one attached hydrogen (secondary N) is 1. The number of aliphatic hydroxyl groups excluding tert-OH is 2. The van der Waals surface area contributed by atoms with E-state index in [9.17, 15) is 19.8 Å². The van der Waals surface area contributed by atoms with Gasteiger partial charge in [-0.15, -0.1) is 0 Å². The Kier molecular flexibility index (Phi) is 56.5. The lowest BCUT2D eigenvalue weighted by Crippen LogP contribution is -2.45. The molecule has 0 aliphatic rings. The Bertz CT molecular complexity index is 1060. The van der Waals surface area contributed by atoms with E-state index in [1.54, 1.807) is 6.08 Å². The minimum atomic E-state index is -0.841. The van der Waals surface area contributed by atoms with Gasteiger partial charge in [0.2, 0.25) is 5.91 Å². The number of carbonyl (C=O) groups excluding carboxylic acids is 2. The summed E-state index contributed by atoms with van der Waals surface area (Å²) in [6.45, 7) is 4.88. The maximum atomic E-state index is 12.4. The zero-order valence-electron chi connectivity index (χ0n) is 45.9. The highest BCUT2D eigenvalue weighted by atomic mass is 16.5. The maximum Gasteiger partial charge on any atom is 0.305 e. The van der Waals surface area contributed by atoms with Gasteiger partial charge in [-0.3, -0.25) is 9.59 Å². The molecule has 3 N–H and O–H groups in total. The molecule has 6 heteroatoms. The Balaban J connectivity index is 3.36. The van der Waals surface area contributed by atoms with Crippen molar-refractivity contribution in [2.24, 2.45) is 0 Å². The van der Waals surface area contributed by atoms with E-state index in [0.29, 0.717) is 19.4 Å². The Labute approximate surface area is 424 Å². The fraction of sp³-hybridized carbons (Fsp3) is 0.903. The van der Waals surface area contributed by atoms with Gasteiger partial charge < -0.3 is 20.3 Å². The van der Waals surface area contributed by atoms with E-state index in [1.807, 2.05) is 6.08 Å². The molecule has 0 aromatic rings. The van der Waals surface area contributed by atoms with Gasteiger partial charge in [0.25, 0.3) is 0 Å². The molecule has 0 aliphatic heterocycles. The van der Waals surface area contributed by atoms with Crippen LogP contribution in [0, 0.1) is 0 Å². The number of hydrogen-bond donors (Lipinski definition) is 3. The van der Waals surface area contributed by atoms with Crippen LogP contribution in [-0.2, 0) is 14.3 Å². The molecule has 0 saturated heterocycles. The number of hydrogen-bond acceptors (Lipinski definition) is 5. The zero-order valence-corrected chi connectivity index (χ0v) is 45.9. The van der Waals surface area contributed by atoms with Crippen LogP contribution in [0.25, 0.3) is 0 Å². The number of ether oxygens (including phenoxy) is 1. The van der Waals surface area contributed by atoms with Crippen LogP contribution in [0.3, 0.4) is 0 Å². The molecule has 0 saturated carbocycles. The molecule has 68 heavy (non-hydrogen) atoms. The van der Waals surface area contributed by atoms with Crippen LogP contribution >= 0.6 is 0 Å². The minimum absolute atomic E-state index is 0.00660. The highest BCUT2D eigenvalue weighted by molar-refractivity contribution is 5.76. The summed E-state index contributed by atoms with van der Waals surface area (Å²) in [5, 5.41) is 23.1. The van der Waals surface area contributed by atoms with Gasteiger partial charge in [0, 0.05) is 12.8 Å². The Morgan fingerprint density at radius 1 is 0.397 bits per heavy atom. The van der Waals surface area contributed by atoms with Crippen molar-refractivity contribution < 1.29 is 24.5 Å². The van der Waals surface area contributed by atoms with Gasteiger partial charge in [0.1, 0.15) is 0 Å². The largest absolute Gasteiger partial charge is 0.466 e. The number of esters is 1. The molecule has 1 amide bonds. The van der Waals surface area contributed by atoms with E-state index in [-0.39, 0.29) is 18.5 Å². The zero-order chi connectivity index (χ0) is 49.3. The van der Waals surface area contributed by atoms with E-state index in [4.69, 9.17) is 4.74 Å². The van der Waals surface area contributed by atoms with Gasteiger partial charge >= 0.3 is 5.97 Å². The molecule has 2 unspecified atom stereocenters. The van der Waals surface area contributed by atoms with Gasteiger partial charge in [0.05, 0.1) is 25.4 Å². The summed E-state index contributed by atoms with van der Waals surface area (Å²) >= 11 is 0. The van der Waals surface area contributed by atoms with Gasteiger partial charge in [-0.25, -0.2) is 0 Å². The molecule has 6 nitrogen and oxygen atoms in total. The number of allylic oxidation sites excluding steroid dienone is 3. The molecule has 0 bridgehead atoms. The van der Waals surface area contributed by atoms with Crippen LogP contribution in [0.2, 0.25) is 0 Å². The molecule has 2 atom stereocenters. The number of unbranched alkanes of at least 4 members (excludes halogenated alkanes) is 44. The Hall–Kier alpha value is -1.66. The second kappa shape index (κ2) is 57.9. The third-order valence-corrected chi connectivity index (χ3v) is 14.2. The van der Waals surface area contributed by atoms with E-state index < -0.39 is 12.1 Å². The molecular weight excluding hydrogens is 839 g/mol. The SMILES string of the molecule is CCCC/C=C\CCCCCCCC(=O)OCCCCCCCCCCCCCCCCCCCCCCCCCCCCCC(=O)NC(CO)C(O)/C=C/CCCCCCCCCCCCC. The first-order valence-electron chi connectivity index (χ1n) is 30.6. The molecular formula is C62H119NO5. The predicted molar refractivity (Wildman–Crippen MR) is 296 cm³/mol. The van der Waals surface area contributed by atoms with E-state index in [2.05, 4.69) is 31.3 Å². The fourth-order valence-electron chi connectivity index (χ4n) is 9.50. The highest BCUT2D eigenvalue weighted by Gasteiger charge is 2.18. The van der Waals surface area contributed by atoms with Crippen LogP contribution in [0.15, 0.2) is 24.3 Å². The first-order valence-corrected chi connectivity index (χ1v) is 30.6. The first-order chi connectivity index (χ1) is 33.5. The van der Waals surface area contributed by atoms with Crippen LogP contribution < -0.4 is 5.32 Å². The summed E-state index contributed by atoms with van der Waals surface area (Å²) in [4.78, 5) is 24.4. The molecule has 0 aromatic carbocycles. The van der Waals surface area contributed by atoms with Gasteiger partial charge in [-0.05, 0) is 51.4 Å². The standard InChI is InChI=1S/C62H119NO5/c1-3-5-7-9-11-13-15-31-35-38-42-46-50-54-60(65)59(58-64)63-61(66)55-51-47-43-39-36-32-29-27-25-23-21-19-17-16-18-20-22-24-26-28-30-33-37-41-45-49-53-57-68-62(67)56-52-48-44-40-34-14-12-10-8-6-4-2/h10,12,50,54,59-60,64-65H,3-9,11,13-49,51-53,55-58H2,1-2H3,(H,63,66)/b12-10-,54-50+. The molecule has 0 spiro atoms. The molecule has 0 aliphatic carbocycles. The quantitative estimate of drug-likeness (QED) is 0.0321. The molecule has 0 fully saturated rings. The van der Waals surface area contributed by atoms with Crippen molar-refractivity contribution in [1.82, 2.24) is 5.32 Å². The average Bonchev–Trinajstić information content (AvgIpc) is 3.34. The van der Waals surface area contributed by atoms with Crippen molar-refractivity contribution in [2.75, 3.05) is 13.2 Å². The summed E-state index contributed by atoms with van der Waals surface area (Å²) in [5.74, 6) is -0.0579. The first kappa shape index (κ1) is 66.3. The van der Waals surface area contributed by atoms with Crippen molar-refractivity contribution in [3.8, 4) is 0 Å². The number of rotatable bonds is 57. The topological polar surface area (TPSA) is 95.9 Å². The predicted octanol–water partition coefficient (Wildman–Crippen LogP) is 19.0. The normalized spacial score (nSPS) is 12.7. The fourth-order valence-corrected chi connectivity index (χ4v) is 9.50. The molecule has 402 valence electrons. The van der Waals surface area contributed by atoms with Crippen molar-refractivity contribution >= 4 is 11.9 Å². The van der Waals surface area contributed by atoms with Crippen molar-refractivity contribution in [2.45, 2.75) is 347 Å². The van der Waals surface area contributed by atoms with E-state index in [1.165, 1.54) is 263 Å². The summed E-state index contributed by atoms with van der Waals surface area (Å²) in [7, 11) is 0. The minimum Gasteiger partial charge on any atom is -0.466 e. The highest BCUT2D eigenvalue weighted by Crippen LogP contribution is 2.18. The maximum absolute atomic E-state index is 12.4. The number of carbonyl (C=O) groups is 2. The van der Waals surface area contributed by atoms with Gasteiger partial charge in [0.15, 0.2) is 0 Å². The number of aliphatic hydroxyl groups is 2. The third-order valence-electron chi connectivity index (χ3n) is 14.2. The lowest BCUT2D eigenvalue weighted by atomic mass is 10.0. The van der Waals surface area contributed by atoms with Crippen LogP contribution in [0.1, 0.15) is 335 Å². The van der Waals surface area contributed by atoms with Crippen molar-refractivity contribution in [3.63, 3.8) is 0 Å². The van der Waals surface area contributed by atoms with Crippen LogP contribution in [0.4, 0.5) is 0 Å². The van der Waals surface area contributed by atoms with Crippen molar-refractivity contribution in [1.29, 1.82) is 0 Å². The summed E-state index contributed by atoms with van der Waals surface area (Å²) < 4.78 is 5.46. The average molecular weight is 959 g/mol. The van der Waals surface area contributed by atoms with Gasteiger partial charge in [-0.2, -0.15) is 0 Å². The third kappa shape index (κ3) is 53.7. The van der Waals surface area contributed by atoms with E-state index in [0.717, 1.165) is 44.9 Å². The lowest BCUT2D eigenvalue weighted by molar-refractivity contribution is -0.143. The lowest BCUT2D eigenvalue weighted by Gasteiger charge is -2.20. The monoisotopic (exact) mass is 958 g/mol. The summed E-state index contributed by atoms with van der Waals surface area (Å²) in [5.41, 5.74) is 0. The molecule has 0 rings (SSSR count). The Morgan fingerprint density at radius 3 is 1.09 bits per heavy atom. The Morgan fingerprint density at radius 2 is 0.706 bits per heavy atom. The molecule has 0 heterocycles. The van der Waals surface area contributed by atoms with Crippen LogP contribution in [-0.4, -0.2) is 47.4 Å². The second-order valence-electron chi connectivity index (χ2n) is 21.0. The number of amides is 1. The van der Waals surface area contributed by atoms with Crippen molar-refractivity contribution in [3.05, 3.63) is 24.3 Å². The molecule has 0 radical (unpaired) electrons. The smallest absolute Gasteiger partial charge is 0.305 e. The van der Waals surface area contributed by atoms with E-state index >= 15 is 0 Å². The molecule has 0 aromatic heterocycles. The summed E-state index contributed by atoms with van der Waals surface area (Å²) in [6, 6.07) is -0.624. The second-order valence-corrected chi connectivity index (χ2v) is 21.0. The van der Waals surface area contributed by atoms with Gasteiger partial charge in [-0.1, -0.05) is 295 Å². The van der Waals surface area contributed by atoms with Crippen LogP contribution in [0.5, 0.6) is 0 Å².